The maximum absolute atomic E-state index is 12.3. The first-order valence-corrected chi connectivity index (χ1v) is 13.1. The number of rotatable bonds is 7. The number of anilines is 2. The zero-order chi connectivity index (χ0) is 27.0. The Hall–Kier alpha value is -3.80. The first kappa shape index (κ1) is 27.2. The van der Waals surface area contributed by atoms with Crippen LogP contribution in [0.25, 0.3) is 0 Å². The number of amides is 2. The van der Waals surface area contributed by atoms with Crippen LogP contribution in [-0.2, 0) is 5.41 Å². The van der Waals surface area contributed by atoms with Gasteiger partial charge in [-0.15, -0.1) is 0 Å². The second kappa shape index (κ2) is 12.6. The van der Waals surface area contributed by atoms with Gasteiger partial charge in [-0.3, -0.25) is 5.32 Å². The molecule has 0 radical (unpaired) electrons. The highest BCUT2D eigenvalue weighted by Gasteiger charge is 2.20. The van der Waals surface area contributed by atoms with Gasteiger partial charge in [-0.05, 0) is 62.0 Å². The highest BCUT2D eigenvalue weighted by atomic mass is 16.5. The zero-order valence-corrected chi connectivity index (χ0v) is 22.7. The van der Waals surface area contributed by atoms with E-state index >= 15 is 0 Å². The fourth-order valence-electron chi connectivity index (χ4n) is 3.93. The lowest BCUT2D eigenvalue weighted by Gasteiger charge is -2.32. The summed E-state index contributed by atoms with van der Waals surface area (Å²) in [5.74, 6) is 8.27. The fourth-order valence-corrected chi connectivity index (χ4v) is 3.93. The fraction of sp³-hybridized carbons (Fsp3) is 0.400. The Morgan fingerprint density at radius 1 is 0.974 bits per heavy atom. The van der Waals surface area contributed by atoms with Gasteiger partial charge in [-0.25, -0.2) is 4.79 Å². The number of piperazine rings is 1. The number of hydrogen-bond donors (Lipinski definition) is 2. The van der Waals surface area contributed by atoms with Gasteiger partial charge in [-0.1, -0.05) is 37.8 Å². The molecule has 1 fully saturated rings. The van der Waals surface area contributed by atoms with Gasteiger partial charge in [0, 0.05) is 61.0 Å². The van der Waals surface area contributed by atoms with E-state index in [-0.39, 0.29) is 11.4 Å². The molecule has 1 saturated heterocycles. The molecular formula is C30H37N5O3. The van der Waals surface area contributed by atoms with Crippen LogP contribution in [0.4, 0.5) is 16.3 Å². The van der Waals surface area contributed by atoms with Crippen molar-refractivity contribution in [2.75, 3.05) is 57.0 Å². The summed E-state index contributed by atoms with van der Waals surface area (Å²) in [5.41, 5.74) is 2.24. The summed E-state index contributed by atoms with van der Waals surface area (Å²) in [5, 5.41) is 9.37. The van der Waals surface area contributed by atoms with Crippen molar-refractivity contribution in [3.63, 3.8) is 0 Å². The molecule has 0 saturated carbocycles. The predicted octanol–water partition coefficient (Wildman–Crippen LogP) is 5.03. The minimum absolute atomic E-state index is 0.180. The van der Waals surface area contributed by atoms with Crippen LogP contribution < -0.4 is 15.4 Å². The van der Waals surface area contributed by atoms with Crippen molar-refractivity contribution in [3.05, 3.63) is 71.5 Å². The minimum atomic E-state index is -0.390. The topological polar surface area (TPSA) is 82.9 Å². The third-order valence-electron chi connectivity index (χ3n) is 6.32. The number of benzene rings is 2. The molecule has 1 aromatic heterocycles. The molecule has 2 N–H and O–H groups in total. The molecule has 0 bridgehead atoms. The number of carbonyl (C=O) groups is 1. The molecule has 1 aliphatic heterocycles. The van der Waals surface area contributed by atoms with Gasteiger partial charge in [0.05, 0.1) is 6.61 Å². The minimum Gasteiger partial charge on any atom is -0.494 e. The second-order valence-corrected chi connectivity index (χ2v) is 10.6. The Morgan fingerprint density at radius 2 is 1.61 bits per heavy atom. The Kier molecular flexibility index (Phi) is 9.06. The van der Waals surface area contributed by atoms with E-state index in [1.165, 1.54) is 0 Å². The SMILES string of the molecule is CN1CCN(CCCOc2ccc(C#Cc3ccc(NC(=O)Nc4cc(C(C)(C)C)on4)cc3)cc2)CC1. The van der Waals surface area contributed by atoms with Gasteiger partial charge in [0.15, 0.2) is 5.82 Å². The van der Waals surface area contributed by atoms with Gasteiger partial charge in [-0.2, -0.15) is 0 Å². The molecule has 0 atom stereocenters. The van der Waals surface area contributed by atoms with Gasteiger partial charge >= 0.3 is 6.03 Å². The Morgan fingerprint density at radius 3 is 2.21 bits per heavy atom. The van der Waals surface area contributed by atoms with E-state index in [0.717, 1.165) is 56.0 Å². The standard InChI is InChI=1S/C30H37N5O3/c1-30(2,3)27-22-28(33-38-27)32-29(36)31-25-12-8-23(9-13-25)6-7-24-10-14-26(15-11-24)37-21-5-16-35-19-17-34(4)18-20-35/h8-15,22H,5,16-21H2,1-4H3,(H2,31,32,33,36). The summed E-state index contributed by atoms with van der Waals surface area (Å²) in [6.45, 7) is 12.4. The van der Waals surface area contributed by atoms with Gasteiger partial charge in [0.2, 0.25) is 0 Å². The van der Waals surface area contributed by atoms with Crippen molar-refractivity contribution in [1.82, 2.24) is 15.0 Å². The van der Waals surface area contributed by atoms with Crippen molar-refractivity contribution < 1.29 is 14.1 Å². The van der Waals surface area contributed by atoms with E-state index in [4.69, 9.17) is 9.26 Å². The van der Waals surface area contributed by atoms with Crippen molar-refractivity contribution in [2.45, 2.75) is 32.6 Å². The molecule has 0 aliphatic carbocycles. The van der Waals surface area contributed by atoms with Gasteiger partial charge in [0.25, 0.3) is 0 Å². The van der Waals surface area contributed by atoms with E-state index in [2.05, 4.69) is 44.5 Å². The summed E-state index contributed by atoms with van der Waals surface area (Å²) in [6.07, 6.45) is 1.02. The molecule has 8 heteroatoms. The summed E-state index contributed by atoms with van der Waals surface area (Å²) in [7, 11) is 2.18. The molecule has 3 aromatic rings. The first-order chi connectivity index (χ1) is 18.2. The normalized spacial score (nSPS) is 14.4. The van der Waals surface area contributed by atoms with Crippen LogP contribution in [0.2, 0.25) is 0 Å². The molecule has 8 nitrogen and oxygen atoms in total. The van der Waals surface area contributed by atoms with Crippen LogP contribution in [0.1, 0.15) is 44.1 Å². The molecule has 2 heterocycles. The molecule has 0 spiro atoms. The lowest BCUT2D eigenvalue weighted by atomic mass is 9.93. The van der Waals surface area contributed by atoms with Crippen molar-refractivity contribution >= 4 is 17.5 Å². The first-order valence-electron chi connectivity index (χ1n) is 13.1. The molecule has 38 heavy (non-hydrogen) atoms. The number of likely N-dealkylation sites (N-methyl/N-ethyl adjacent to an activating group) is 1. The van der Waals surface area contributed by atoms with Crippen molar-refractivity contribution in [3.8, 4) is 17.6 Å². The number of hydrogen-bond acceptors (Lipinski definition) is 6. The van der Waals surface area contributed by atoms with E-state index in [0.29, 0.717) is 23.9 Å². The average molecular weight is 516 g/mol. The Labute approximate surface area is 225 Å². The van der Waals surface area contributed by atoms with E-state index < -0.39 is 0 Å². The van der Waals surface area contributed by atoms with Crippen LogP contribution in [0.15, 0.2) is 59.1 Å². The average Bonchev–Trinajstić information content (AvgIpc) is 3.37. The number of nitrogens with zero attached hydrogens (tertiary/aromatic N) is 3. The van der Waals surface area contributed by atoms with E-state index in [1.54, 1.807) is 6.07 Å². The number of ether oxygens (including phenoxy) is 1. The molecule has 2 aromatic carbocycles. The van der Waals surface area contributed by atoms with E-state index in [1.807, 2.05) is 69.3 Å². The molecule has 2 amide bonds. The maximum Gasteiger partial charge on any atom is 0.324 e. The molecule has 200 valence electrons. The summed E-state index contributed by atoms with van der Waals surface area (Å²) in [6, 6.07) is 16.6. The molecule has 0 unspecified atom stereocenters. The van der Waals surface area contributed by atoms with Crippen LogP contribution in [0, 0.1) is 11.8 Å². The van der Waals surface area contributed by atoms with Crippen LogP contribution in [0.5, 0.6) is 5.75 Å². The van der Waals surface area contributed by atoms with E-state index in [9.17, 15) is 4.79 Å². The summed E-state index contributed by atoms with van der Waals surface area (Å²) in [4.78, 5) is 17.2. The number of carbonyl (C=O) groups excluding carboxylic acids is 1. The predicted molar refractivity (Wildman–Crippen MR) is 151 cm³/mol. The van der Waals surface area contributed by atoms with Gasteiger partial charge < -0.3 is 24.4 Å². The summed E-state index contributed by atoms with van der Waals surface area (Å²) >= 11 is 0. The zero-order valence-electron chi connectivity index (χ0n) is 22.7. The van der Waals surface area contributed by atoms with Crippen molar-refractivity contribution in [2.24, 2.45) is 0 Å². The van der Waals surface area contributed by atoms with Crippen LogP contribution in [-0.4, -0.2) is 67.4 Å². The largest absolute Gasteiger partial charge is 0.494 e. The second-order valence-electron chi connectivity index (χ2n) is 10.6. The van der Waals surface area contributed by atoms with Crippen molar-refractivity contribution in [1.29, 1.82) is 0 Å². The van der Waals surface area contributed by atoms with Gasteiger partial charge in [0.1, 0.15) is 11.5 Å². The lowest BCUT2D eigenvalue weighted by molar-refractivity contribution is 0.145. The molecular weight excluding hydrogens is 478 g/mol. The number of aromatic nitrogens is 1. The maximum atomic E-state index is 12.3. The lowest BCUT2D eigenvalue weighted by Crippen LogP contribution is -2.44. The highest BCUT2D eigenvalue weighted by molar-refractivity contribution is 5.99. The molecule has 4 rings (SSSR count). The molecule has 1 aliphatic rings. The number of nitrogens with one attached hydrogen (secondary N) is 2. The summed E-state index contributed by atoms with van der Waals surface area (Å²) < 4.78 is 11.2. The van der Waals surface area contributed by atoms with Crippen LogP contribution in [0.3, 0.4) is 0 Å². The smallest absolute Gasteiger partial charge is 0.324 e. The highest BCUT2D eigenvalue weighted by Crippen LogP contribution is 2.24. The third-order valence-corrected chi connectivity index (χ3v) is 6.32. The quantitative estimate of drug-likeness (QED) is 0.339. The Balaban J connectivity index is 1.20. The monoisotopic (exact) mass is 515 g/mol. The number of urea groups is 1. The third kappa shape index (κ3) is 8.37. The Bertz CT molecular complexity index is 1240. The van der Waals surface area contributed by atoms with Crippen LogP contribution >= 0.6 is 0 Å².